The summed E-state index contributed by atoms with van der Waals surface area (Å²) in [6.07, 6.45) is 0. The van der Waals surface area contributed by atoms with Gasteiger partial charge in [0.25, 0.3) is 0 Å². The number of aliphatic hydroxyl groups is 1. The van der Waals surface area contributed by atoms with E-state index in [0.29, 0.717) is 17.7 Å². The quantitative estimate of drug-likeness (QED) is 0.771. The first-order chi connectivity index (χ1) is 8.58. The summed E-state index contributed by atoms with van der Waals surface area (Å²) in [5, 5.41) is 17.6. The summed E-state index contributed by atoms with van der Waals surface area (Å²) >= 11 is 0. The molecule has 0 saturated carbocycles. The summed E-state index contributed by atoms with van der Waals surface area (Å²) in [7, 11) is 0. The Hall–Kier alpha value is -1.70. The van der Waals surface area contributed by atoms with E-state index in [0.717, 1.165) is 0 Å². The van der Waals surface area contributed by atoms with E-state index in [1.165, 1.54) is 0 Å². The van der Waals surface area contributed by atoms with Gasteiger partial charge in [0.05, 0.1) is 24.8 Å². The molecule has 4 heteroatoms. The second-order valence-electron chi connectivity index (χ2n) is 4.40. The zero-order chi connectivity index (χ0) is 13.5. The smallest absolute Gasteiger partial charge is 0.176 e. The van der Waals surface area contributed by atoms with Crippen LogP contribution in [0, 0.1) is 11.3 Å². The van der Waals surface area contributed by atoms with Gasteiger partial charge in [0.15, 0.2) is 5.78 Å². The molecule has 0 saturated heterocycles. The Balaban J connectivity index is 2.71. The van der Waals surface area contributed by atoms with Crippen molar-refractivity contribution in [3.63, 3.8) is 0 Å². The molecule has 18 heavy (non-hydrogen) atoms. The maximum Gasteiger partial charge on any atom is 0.176 e. The molecule has 0 spiro atoms. The molecule has 0 atom stereocenters. The van der Waals surface area contributed by atoms with E-state index in [1.54, 1.807) is 24.3 Å². The number of aliphatic hydroxyl groups excluding tert-OH is 1. The van der Waals surface area contributed by atoms with E-state index in [1.807, 2.05) is 24.8 Å². The predicted octanol–water partition coefficient (Wildman–Crippen LogP) is 1.44. The molecule has 0 fully saturated rings. The highest BCUT2D eigenvalue weighted by Gasteiger charge is 2.14. The zero-order valence-corrected chi connectivity index (χ0v) is 10.8. The zero-order valence-electron chi connectivity index (χ0n) is 10.8. The first-order valence-electron chi connectivity index (χ1n) is 5.96. The van der Waals surface area contributed by atoms with Crippen LogP contribution in [0.25, 0.3) is 0 Å². The molecule has 4 nitrogen and oxygen atoms in total. The summed E-state index contributed by atoms with van der Waals surface area (Å²) in [4.78, 5) is 13.9. The van der Waals surface area contributed by atoms with Crippen LogP contribution < -0.4 is 0 Å². The van der Waals surface area contributed by atoms with Gasteiger partial charge in [-0.15, -0.1) is 0 Å². The number of carbonyl (C=O) groups is 1. The third kappa shape index (κ3) is 3.95. The Bertz CT molecular complexity index is 432. The Labute approximate surface area is 107 Å². The van der Waals surface area contributed by atoms with Crippen molar-refractivity contribution < 1.29 is 9.90 Å². The second-order valence-corrected chi connectivity index (χ2v) is 4.40. The molecule has 0 unspecified atom stereocenters. The number of nitrogens with zero attached hydrogens (tertiary/aromatic N) is 2. The molecule has 0 aliphatic heterocycles. The molecule has 1 aromatic rings. The molecule has 0 bridgehead atoms. The van der Waals surface area contributed by atoms with Gasteiger partial charge in [-0.2, -0.15) is 5.26 Å². The van der Waals surface area contributed by atoms with E-state index < -0.39 is 0 Å². The van der Waals surface area contributed by atoms with E-state index >= 15 is 0 Å². The summed E-state index contributed by atoms with van der Waals surface area (Å²) in [5.74, 6) is 0.00152. The number of carbonyl (C=O) groups excluding carboxylic acids is 1. The molecule has 96 valence electrons. The first-order valence-corrected chi connectivity index (χ1v) is 5.96. The molecule has 0 aliphatic carbocycles. The van der Waals surface area contributed by atoms with Crippen LogP contribution in [0.4, 0.5) is 0 Å². The fourth-order valence-corrected chi connectivity index (χ4v) is 1.65. The molecule has 1 N–H and O–H groups in total. The highest BCUT2D eigenvalue weighted by Crippen LogP contribution is 2.07. The maximum absolute atomic E-state index is 12.0. The fourth-order valence-electron chi connectivity index (χ4n) is 1.65. The van der Waals surface area contributed by atoms with Crippen molar-refractivity contribution >= 4 is 5.78 Å². The van der Waals surface area contributed by atoms with Crippen LogP contribution in [0.5, 0.6) is 0 Å². The number of hydrogen-bond donors (Lipinski definition) is 1. The monoisotopic (exact) mass is 246 g/mol. The summed E-state index contributed by atoms with van der Waals surface area (Å²) < 4.78 is 0. The minimum atomic E-state index is 0.00152. The molecule has 0 amide bonds. The summed E-state index contributed by atoms with van der Waals surface area (Å²) in [5.41, 5.74) is 1.14. The number of ketones is 1. The Morgan fingerprint density at radius 2 is 2.00 bits per heavy atom. The van der Waals surface area contributed by atoms with Crippen molar-refractivity contribution in [3.8, 4) is 6.07 Å². The Morgan fingerprint density at radius 3 is 2.44 bits per heavy atom. The van der Waals surface area contributed by atoms with E-state index in [2.05, 4.69) is 0 Å². The van der Waals surface area contributed by atoms with Crippen molar-refractivity contribution in [1.82, 2.24) is 4.90 Å². The molecule has 0 radical (unpaired) electrons. The minimum Gasteiger partial charge on any atom is -0.395 e. The predicted molar refractivity (Wildman–Crippen MR) is 69.3 cm³/mol. The number of nitriles is 1. The fraction of sp³-hybridized carbons (Fsp3) is 0.429. The molecule has 0 heterocycles. The van der Waals surface area contributed by atoms with E-state index in [9.17, 15) is 4.79 Å². The van der Waals surface area contributed by atoms with Gasteiger partial charge in [-0.1, -0.05) is 12.1 Å². The van der Waals surface area contributed by atoms with Crippen LogP contribution in [0.15, 0.2) is 24.3 Å². The first kappa shape index (κ1) is 14.4. The highest BCUT2D eigenvalue weighted by molar-refractivity contribution is 5.97. The van der Waals surface area contributed by atoms with Crippen molar-refractivity contribution in [1.29, 1.82) is 5.26 Å². The SMILES string of the molecule is CC(C)N(CCO)CC(=O)c1ccc(C#N)cc1. The topological polar surface area (TPSA) is 64.3 Å². The summed E-state index contributed by atoms with van der Waals surface area (Å²) in [6, 6.07) is 8.83. The van der Waals surface area contributed by atoms with Crippen LogP contribution in [0.1, 0.15) is 29.8 Å². The lowest BCUT2D eigenvalue weighted by atomic mass is 10.1. The van der Waals surface area contributed by atoms with Crippen molar-refractivity contribution in [2.75, 3.05) is 19.7 Å². The molecule has 1 aromatic carbocycles. The van der Waals surface area contributed by atoms with Gasteiger partial charge in [0, 0.05) is 18.2 Å². The lowest BCUT2D eigenvalue weighted by molar-refractivity contribution is 0.0881. The Morgan fingerprint density at radius 1 is 1.39 bits per heavy atom. The van der Waals surface area contributed by atoms with E-state index in [4.69, 9.17) is 10.4 Å². The van der Waals surface area contributed by atoms with Crippen LogP contribution in [0.3, 0.4) is 0 Å². The molecule has 0 aliphatic rings. The summed E-state index contributed by atoms with van der Waals surface area (Å²) in [6.45, 7) is 4.78. The third-order valence-corrected chi connectivity index (χ3v) is 2.80. The van der Waals surface area contributed by atoms with Gasteiger partial charge in [-0.05, 0) is 26.0 Å². The van der Waals surface area contributed by atoms with Crippen LogP contribution in [-0.2, 0) is 0 Å². The largest absolute Gasteiger partial charge is 0.395 e. The standard InChI is InChI=1S/C14H18N2O2/c1-11(2)16(7-8-17)10-14(18)13-5-3-12(9-15)4-6-13/h3-6,11,17H,7-8,10H2,1-2H3. The number of rotatable bonds is 6. The number of benzene rings is 1. The van der Waals surface area contributed by atoms with Crippen molar-refractivity contribution in [3.05, 3.63) is 35.4 Å². The molecular weight excluding hydrogens is 228 g/mol. The van der Waals surface area contributed by atoms with Crippen molar-refractivity contribution in [2.24, 2.45) is 0 Å². The van der Waals surface area contributed by atoms with Crippen molar-refractivity contribution in [2.45, 2.75) is 19.9 Å². The van der Waals surface area contributed by atoms with Gasteiger partial charge in [-0.25, -0.2) is 0 Å². The highest BCUT2D eigenvalue weighted by atomic mass is 16.3. The lowest BCUT2D eigenvalue weighted by Crippen LogP contribution is -2.37. The Kier molecular flexibility index (Phi) is 5.50. The molecule has 0 aromatic heterocycles. The van der Waals surface area contributed by atoms with Gasteiger partial charge >= 0.3 is 0 Å². The van der Waals surface area contributed by atoms with Crippen LogP contribution in [0.2, 0.25) is 0 Å². The van der Waals surface area contributed by atoms with Crippen LogP contribution in [-0.4, -0.2) is 41.5 Å². The number of Topliss-reactive ketones (excluding diaryl/α,β-unsaturated/α-hetero) is 1. The minimum absolute atomic E-state index is 0.00152. The van der Waals surface area contributed by atoms with E-state index in [-0.39, 0.29) is 25.0 Å². The average molecular weight is 246 g/mol. The average Bonchev–Trinajstić information content (AvgIpc) is 2.38. The third-order valence-electron chi connectivity index (χ3n) is 2.80. The molecule has 1 rings (SSSR count). The van der Waals surface area contributed by atoms with Crippen LogP contribution >= 0.6 is 0 Å². The van der Waals surface area contributed by atoms with Gasteiger partial charge < -0.3 is 5.11 Å². The van der Waals surface area contributed by atoms with Gasteiger partial charge in [-0.3, -0.25) is 9.69 Å². The second kappa shape index (κ2) is 6.90. The number of hydrogen-bond acceptors (Lipinski definition) is 4. The maximum atomic E-state index is 12.0. The van der Waals surface area contributed by atoms with Gasteiger partial charge in [0.2, 0.25) is 0 Å². The lowest BCUT2D eigenvalue weighted by Gasteiger charge is -2.24. The van der Waals surface area contributed by atoms with Gasteiger partial charge in [0.1, 0.15) is 0 Å². The normalized spacial score (nSPS) is 10.7. The molecular formula is C14H18N2O2.